The van der Waals surface area contributed by atoms with Gasteiger partial charge in [-0.1, -0.05) is 0 Å². The predicted molar refractivity (Wildman–Crippen MR) is 111 cm³/mol. The molecule has 0 saturated carbocycles. The average Bonchev–Trinajstić information content (AvgIpc) is 2.70. The standard InChI is InChI=1S/C20H35NO12/c1-13(22)29-7-5-17(31-14(2)23)18(32-15(3)24)19(33-16(4)25)20(26)30-12-11-28-10-9-27-8-6-21/h17-20,26H,5-12,21H2,1-4H3. The highest BCUT2D eigenvalue weighted by Crippen LogP contribution is 2.20. The number of aliphatic hydroxyl groups is 1. The van der Waals surface area contributed by atoms with E-state index in [-0.39, 0.29) is 32.8 Å². The van der Waals surface area contributed by atoms with E-state index in [9.17, 15) is 24.3 Å². The second-order valence-corrected chi connectivity index (χ2v) is 6.70. The van der Waals surface area contributed by atoms with Gasteiger partial charge in [0.25, 0.3) is 0 Å². The minimum absolute atomic E-state index is 0.0773. The third-order valence-corrected chi connectivity index (χ3v) is 3.75. The van der Waals surface area contributed by atoms with E-state index in [0.717, 1.165) is 20.8 Å². The highest BCUT2D eigenvalue weighted by atomic mass is 16.7. The molecule has 192 valence electrons. The van der Waals surface area contributed by atoms with E-state index in [0.29, 0.717) is 19.8 Å². The highest BCUT2D eigenvalue weighted by molar-refractivity contribution is 5.68. The molecule has 0 radical (unpaired) electrons. The summed E-state index contributed by atoms with van der Waals surface area (Å²) in [6, 6.07) is 0. The molecule has 0 aliphatic carbocycles. The van der Waals surface area contributed by atoms with Crippen molar-refractivity contribution in [2.75, 3.05) is 46.2 Å². The summed E-state index contributed by atoms with van der Waals surface area (Å²) in [7, 11) is 0. The first-order valence-electron chi connectivity index (χ1n) is 10.4. The van der Waals surface area contributed by atoms with Gasteiger partial charge in [0.15, 0.2) is 18.5 Å². The van der Waals surface area contributed by atoms with Gasteiger partial charge in [0.05, 0.1) is 39.6 Å². The molecule has 0 aliphatic rings. The molecule has 4 atom stereocenters. The van der Waals surface area contributed by atoms with Crippen molar-refractivity contribution in [2.45, 2.75) is 58.7 Å². The van der Waals surface area contributed by atoms with Gasteiger partial charge in [0.1, 0.15) is 6.10 Å². The Kier molecular flexibility index (Phi) is 16.9. The Bertz CT molecular complexity index is 600. The molecule has 13 nitrogen and oxygen atoms in total. The molecule has 0 aromatic carbocycles. The molecule has 0 aromatic heterocycles. The van der Waals surface area contributed by atoms with Crippen molar-refractivity contribution < 1.29 is 57.4 Å². The summed E-state index contributed by atoms with van der Waals surface area (Å²) in [4.78, 5) is 46.0. The van der Waals surface area contributed by atoms with Crippen LogP contribution in [-0.4, -0.2) is 99.8 Å². The van der Waals surface area contributed by atoms with E-state index in [1.165, 1.54) is 6.92 Å². The van der Waals surface area contributed by atoms with E-state index >= 15 is 0 Å². The van der Waals surface area contributed by atoms with Gasteiger partial charge in [-0.15, -0.1) is 0 Å². The third kappa shape index (κ3) is 16.0. The van der Waals surface area contributed by atoms with E-state index in [1.54, 1.807) is 0 Å². The Morgan fingerprint density at radius 2 is 1.21 bits per heavy atom. The number of esters is 4. The zero-order chi connectivity index (χ0) is 25.2. The van der Waals surface area contributed by atoms with Crippen LogP contribution in [0.4, 0.5) is 0 Å². The first kappa shape index (κ1) is 30.7. The maximum absolute atomic E-state index is 11.7. The molecule has 3 N–H and O–H groups in total. The lowest BCUT2D eigenvalue weighted by Gasteiger charge is -2.34. The molecular weight excluding hydrogens is 446 g/mol. The molecule has 0 spiro atoms. The molecule has 33 heavy (non-hydrogen) atoms. The lowest BCUT2D eigenvalue weighted by atomic mass is 10.0. The topological polar surface area (TPSA) is 179 Å². The van der Waals surface area contributed by atoms with Gasteiger partial charge >= 0.3 is 23.9 Å². The highest BCUT2D eigenvalue weighted by Gasteiger charge is 2.41. The first-order valence-corrected chi connectivity index (χ1v) is 10.4. The van der Waals surface area contributed by atoms with Crippen LogP contribution in [0, 0.1) is 0 Å². The smallest absolute Gasteiger partial charge is 0.303 e. The van der Waals surface area contributed by atoms with Crippen LogP contribution in [0.25, 0.3) is 0 Å². The number of nitrogens with two attached hydrogens (primary N) is 1. The van der Waals surface area contributed by atoms with Crippen molar-refractivity contribution in [2.24, 2.45) is 5.73 Å². The molecule has 0 heterocycles. The van der Waals surface area contributed by atoms with E-state index in [4.69, 9.17) is 38.9 Å². The van der Waals surface area contributed by atoms with Crippen molar-refractivity contribution >= 4 is 23.9 Å². The molecule has 0 fully saturated rings. The molecule has 13 heteroatoms. The Morgan fingerprint density at radius 3 is 1.73 bits per heavy atom. The van der Waals surface area contributed by atoms with Gasteiger partial charge in [-0.2, -0.15) is 0 Å². The second-order valence-electron chi connectivity index (χ2n) is 6.70. The lowest BCUT2D eigenvalue weighted by Crippen LogP contribution is -2.51. The van der Waals surface area contributed by atoms with Gasteiger partial charge in [0.2, 0.25) is 0 Å². The zero-order valence-electron chi connectivity index (χ0n) is 19.5. The van der Waals surface area contributed by atoms with Gasteiger partial charge in [0, 0.05) is 40.7 Å². The summed E-state index contributed by atoms with van der Waals surface area (Å²) in [6.45, 7) is 5.66. The molecule has 0 aromatic rings. The fourth-order valence-corrected chi connectivity index (χ4v) is 2.58. The van der Waals surface area contributed by atoms with Gasteiger partial charge in [-0.3, -0.25) is 19.2 Å². The monoisotopic (exact) mass is 481 g/mol. The number of carbonyl (C=O) groups excluding carboxylic acids is 4. The minimum atomic E-state index is -1.76. The van der Waals surface area contributed by atoms with Gasteiger partial charge < -0.3 is 44.0 Å². The normalized spacial score (nSPS) is 14.5. The van der Waals surface area contributed by atoms with Crippen molar-refractivity contribution in [3.63, 3.8) is 0 Å². The lowest BCUT2D eigenvalue weighted by molar-refractivity contribution is -0.231. The van der Waals surface area contributed by atoms with Crippen LogP contribution < -0.4 is 5.73 Å². The van der Waals surface area contributed by atoms with Crippen LogP contribution in [0.2, 0.25) is 0 Å². The molecule has 0 bridgehead atoms. The summed E-state index contributed by atoms with van der Waals surface area (Å²) >= 11 is 0. The zero-order valence-corrected chi connectivity index (χ0v) is 19.5. The Labute approximate surface area is 192 Å². The number of rotatable bonds is 18. The number of hydrogen-bond acceptors (Lipinski definition) is 13. The van der Waals surface area contributed by atoms with Crippen molar-refractivity contribution in [1.29, 1.82) is 0 Å². The van der Waals surface area contributed by atoms with E-state index in [1.807, 2.05) is 0 Å². The average molecular weight is 481 g/mol. The summed E-state index contributed by atoms with van der Waals surface area (Å²) < 4.78 is 36.1. The molecular formula is C20H35NO12. The van der Waals surface area contributed by atoms with E-state index < -0.39 is 48.5 Å². The van der Waals surface area contributed by atoms with E-state index in [2.05, 4.69) is 0 Å². The molecule has 0 aliphatic heterocycles. The summed E-state index contributed by atoms with van der Waals surface area (Å²) in [5.74, 6) is -2.92. The predicted octanol–water partition coefficient (Wildman–Crippen LogP) is -0.938. The summed E-state index contributed by atoms with van der Waals surface area (Å²) in [5.41, 5.74) is 5.30. The number of carbonyl (C=O) groups is 4. The van der Waals surface area contributed by atoms with Gasteiger partial charge in [-0.25, -0.2) is 0 Å². The van der Waals surface area contributed by atoms with Crippen LogP contribution >= 0.6 is 0 Å². The molecule has 0 rings (SSSR count). The number of ether oxygens (including phenoxy) is 7. The second kappa shape index (κ2) is 18.1. The van der Waals surface area contributed by atoms with Crippen LogP contribution in [-0.2, 0) is 52.3 Å². The maximum Gasteiger partial charge on any atom is 0.303 e. The quantitative estimate of drug-likeness (QED) is 0.106. The maximum atomic E-state index is 11.7. The largest absolute Gasteiger partial charge is 0.466 e. The Balaban J connectivity index is 5.26. The number of aliphatic hydroxyl groups excluding tert-OH is 1. The summed E-state index contributed by atoms with van der Waals surface area (Å²) in [6.07, 6.45) is -6.09. The van der Waals surface area contributed by atoms with Crippen LogP contribution in [0.5, 0.6) is 0 Å². The van der Waals surface area contributed by atoms with Gasteiger partial charge in [-0.05, 0) is 0 Å². The van der Waals surface area contributed by atoms with Crippen LogP contribution in [0.3, 0.4) is 0 Å². The fourth-order valence-electron chi connectivity index (χ4n) is 2.58. The SMILES string of the molecule is CC(=O)OCCC(OC(C)=O)C(OC(C)=O)C(OC(C)=O)C(O)OCCOCCOCCN. The minimum Gasteiger partial charge on any atom is -0.466 e. The number of hydrogen-bond donors (Lipinski definition) is 2. The molecule has 0 amide bonds. The third-order valence-electron chi connectivity index (χ3n) is 3.75. The fraction of sp³-hybridized carbons (Fsp3) is 0.800. The Morgan fingerprint density at radius 1 is 0.697 bits per heavy atom. The Hall–Kier alpha value is -2.32. The van der Waals surface area contributed by atoms with Crippen molar-refractivity contribution in [1.82, 2.24) is 0 Å². The summed E-state index contributed by atoms with van der Waals surface area (Å²) in [5, 5.41) is 10.5. The van der Waals surface area contributed by atoms with Crippen LogP contribution in [0.1, 0.15) is 34.1 Å². The van der Waals surface area contributed by atoms with Crippen molar-refractivity contribution in [3.05, 3.63) is 0 Å². The molecule has 0 saturated heterocycles. The van der Waals surface area contributed by atoms with Crippen molar-refractivity contribution in [3.8, 4) is 0 Å². The molecule has 4 unspecified atom stereocenters. The first-order chi connectivity index (χ1) is 15.6. The van der Waals surface area contributed by atoms with Crippen LogP contribution in [0.15, 0.2) is 0 Å².